The summed E-state index contributed by atoms with van der Waals surface area (Å²) in [5.41, 5.74) is 0.127. The van der Waals surface area contributed by atoms with Crippen molar-refractivity contribution in [1.82, 2.24) is 0 Å². The number of nitrogens with zero attached hydrogens (tertiary/aromatic N) is 1. The van der Waals surface area contributed by atoms with Crippen molar-refractivity contribution < 1.29 is 9.66 Å². The molecule has 0 spiro atoms. The molecule has 1 atom stereocenters. The zero-order valence-corrected chi connectivity index (χ0v) is 9.97. The third-order valence-corrected chi connectivity index (χ3v) is 2.36. The first kappa shape index (κ1) is 13.2. The Hall–Kier alpha value is -1.91. The lowest BCUT2D eigenvalue weighted by atomic mass is 10.1. The van der Waals surface area contributed by atoms with E-state index in [9.17, 15) is 10.1 Å². The third-order valence-electron chi connectivity index (χ3n) is 2.36. The van der Waals surface area contributed by atoms with Gasteiger partial charge in [0.15, 0.2) is 0 Å². The molecule has 0 aliphatic heterocycles. The zero-order chi connectivity index (χ0) is 12.8. The third kappa shape index (κ3) is 3.55. The van der Waals surface area contributed by atoms with Crippen LogP contribution in [-0.2, 0) is 4.74 Å². The first-order chi connectivity index (χ1) is 8.06. The maximum atomic E-state index is 10.8. The molecule has 0 radical (unpaired) electrons. The van der Waals surface area contributed by atoms with Crippen LogP contribution in [0.2, 0.25) is 0 Å². The predicted molar refractivity (Wildman–Crippen MR) is 65.4 cm³/mol. The second-order valence-corrected chi connectivity index (χ2v) is 3.82. The van der Waals surface area contributed by atoms with Crippen molar-refractivity contribution in [2.75, 3.05) is 0 Å². The van der Waals surface area contributed by atoms with Gasteiger partial charge in [-0.25, -0.2) is 0 Å². The molecule has 0 amide bonds. The first-order valence-corrected chi connectivity index (χ1v) is 5.55. The van der Waals surface area contributed by atoms with E-state index < -0.39 is 4.92 Å². The lowest BCUT2D eigenvalue weighted by Gasteiger charge is -2.14. The number of nitro benzene ring substituents is 1. The minimum Gasteiger partial charge on any atom is -0.474 e. The molecule has 0 aromatic heterocycles. The molecule has 5 heteroatoms. The van der Waals surface area contributed by atoms with Gasteiger partial charge in [-0.15, -0.1) is 0 Å². The molecule has 0 heterocycles. The van der Waals surface area contributed by atoms with Crippen molar-refractivity contribution in [2.24, 2.45) is 0 Å². The Bertz CT molecular complexity index is 418. The van der Waals surface area contributed by atoms with Crippen LogP contribution in [0.15, 0.2) is 24.3 Å². The van der Waals surface area contributed by atoms with E-state index in [1.54, 1.807) is 12.1 Å². The van der Waals surface area contributed by atoms with Crippen LogP contribution in [-0.4, -0.2) is 16.9 Å². The lowest BCUT2D eigenvalue weighted by molar-refractivity contribution is -0.385. The second kappa shape index (κ2) is 5.98. The molecule has 0 bridgehead atoms. The molecule has 92 valence electrons. The van der Waals surface area contributed by atoms with Crippen LogP contribution < -0.4 is 0 Å². The Morgan fingerprint density at radius 1 is 1.53 bits per heavy atom. The fourth-order valence-electron chi connectivity index (χ4n) is 1.55. The summed E-state index contributed by atoms with van der Waals surface area (Å²) in [6, 6.07) is 6.13. The van der Waals surface area contributed by atoms with Gasteiger partial charge in [-0.05, 0) is 19.4 Å². The molecule has 0 aliphatic rings. The van der Waals surface area contributed by atoms with Crippen LogP contribution in [0.3, 0.4) is 0 Å². The predicted octanol–water partition coefficient (Wildman–Crippen LogP) is 3.13. The molecule has 5 nitrogen and oxygen atoms in total. The standard InChI is InChI=1S/C12H16N2O3/c1-3-6-9(2)17-12(13)10-7-4-5-8-11(10)14(15)16/h4-5,7-9,13H,3,6H2,1-2H3. The maximum Gasteiger partial charge on any atom is 0.282 e. The molecule has 0 aliphatic carbocycles. The van der Waals surface area contributed by atoms with Crippen LogP contribution in [0.25, 0.3) is 0 Å². The fourth-order valence-corrected chi connectivity index (χ4v) is 1.55. The summed E-state index contributed by atoms with van der Waals surface area (Å²) in [5.74, 6) is -0.141. The molecule has 0 saturated carbocycles. The monoisotopic (exact) mass is 236 g/mol. The normalized spacial score (nSPS) is 11.9. The summed E-state index contributed by atoms with van der Waals surface area (Å²) in [4.78, 5) is 10.3. The summed E-state index contributed by atoms with van der Waals surface area (Å²) in [7, 11) is 0. The van der Waals surface area contributed by atoms with Crippen molar-refractivity contribution >= 4 is 11.6 Å². The number of para-hydroxylation sites is 1. The SMILES string of the molecule is CCCC(C)OC(=N)c1ccccc1[N+](=O)[O-]. The van der Waals surface area contributed by atoms with E-state index in [2.05, 4.69) is 0 Å². The molecule has 1 aromatic rings. The lowest BCUT2D eigenvalue weighted by Crippen LogP contribution is -2.15. The number of rotatable bonds is 5. The number of nitro groups is 1. The first-order valence-electron chi connectivity index (χ1n) is 5.55. The minimum absolute atomic E-state index is 0.0961. The Kier molecular flexibility index (Phi) is 4.63. The van der Waals surface area contributed by atoms with Gasteiger partial charge in [0.2, 0.25) is 5.90 Å². The average Bonchev–Trinajstić information content (AvgIpc) is 2.29. The van der Waals surface area contributed by atoms with Crippen LogP contribution in [0.5, 0.6) is 0 Å². The number of hydrogen-bond acceptors (Lipinski definition) is 4. The highest BCUT2D eigenvalue weighted by Crippen LogP contribution is 2.19. The molecule has 0 saturated heterocycles. The van der Waals surface area contributed by atoms with E-state index in [4.69, 9.17) is 10.1 Å². The number of hydrogen-bond donors (Lipinski definition) is 1. The van der Waals surface area contributed by atoms with Crippen LogP contribution >= 0.6 is 0 Å². The molecular formula is C12H16N2O3. The largest absolute Gasteiger partial charge is 0.474 e. The van der Waals surface area contributed by atoms with E-state index in [1.807, 2.05) is 13.8 Å². The van der Waals surface area contributed by atoms with Gasteiger partial charge in [0.05, 0.1) is 11.0 Å². The van der Waals surface area contributed by atoms with Crippen LogP contribution in [0.4, 0.5) is 5.69 Å². The smallest absolute Gasteiger partial charge is 0.282 e. The van der Waals surface area contributed by atoms with E-state index in [1.165, 1.54) is 12.1 Å². The highest BCUT2D eigenvalue weighted by molar-refractivity contribution is 5.95. The highest BCUT2D eigenvalue weighted by atomic mass is 16.6. The van der Waals surface area contributed by atoms with Crippen LogP contribution in [0.1, 0.15) is 32.3 Å². The van der Waals surface area contributed by atoms with Gasteiger partial charge >= 0.3 is 0 Å². The Balaban J connectivity index is 2.85. The molecular weight excluding hydrogens is 220 g/mol. The summed E-state index contributed by atoms with van der Waals surface area (Å²) in [6.07, 6.45) is 1.67. The van der Waals surface area contributed by atoms with Gasteiger partial charge in [0.1, 0.15) is 5.56 Å². The van der Waals surface area contributed by atoms with Gasteiger partial charge in [0.25, 0.3) is 5.69 Å². The minimum atomic E-state index is -0.502. The molecule has 1 N–H and O–H groups in total. The van der Waals surface area contributed by atoms with Gasteiger partial charge in [-0.3, -0.25) is 15.5 Å². The zero-order valence-electron chi connectivity index (χ0n) is 9.97. The van der Waals surface area contributed by atoms with Crippen molar-refractivity contribution in [3.05, 3.63) is 39.9 Å². The average molecular weight is 236 g/mol. The quantitative estimate of drug-likeness (QED) is 0.369. The van der Waals surface area contributed by atoms with Gasteiger partial charge in [-0.2, -0.15) is 0 Å². The van der Waals surface area contributed by atoms with Crippen LogP contribution in [0, 0.1) is 15.5 Å². The molecule has 1 rings (SSSR count). The van der Waals surface area contributed by atoms with E-state index in [0.29, 0.717) is 0 Å². The van der Waals surface area contributed by atoms with Gasteiger partial charge in [0, 0.05) is 6.07 Å². The fraction of sp³-hybridized carbons (Fsp3) is 0.417. The second-order valence-electron chi connectivity index (χ2n) is 3.82. The summed E-state index contributed by atoms with van der Waals surface area (Å²) >= 11 is 0. The summed E-state index contributed by atoms with van der Waals surface area (Å²) in [5, 5.41) is 18.5. The van der Waals surface area contributed by atoms with E-state index >= 15 is 0 Å². The van der Waals surface area contributed by atoms with Crippen molar-refractivity contribution in [3.63, 3.8) is 0 Å². The maximum absolute atomic E-state index is 10.8. The van der Waals surface area contributed by atoms with E-state index in [-0.39, 0.29) is 23.3 Å². The molecule has 0 fully saturated rings. The van der Waals surface area contributed by atoms with Gasteiger partial charge < -0.3 is 4.74 Å². The summed E-state index contributed by atoms with van der Waals surface area (Å²) in [6.45, 7) is 3.88. The Morgan fingerprint density at radius 2 is 2.18 bits per heavy atom. The van der Waals surface area contributed by atoms with Crippen molar-refractivity contribution in [2.45, 2.75) is 32.8 Å². The van der Waals surface area contributed by atoms with Gasteiger partial charge in [-0.1, -0.05) is 25.5 Å². The van der Waals surface area contributed by atoms with E-state index in [0.717, 1.165) is 12.8 Å². The topological polar surface area (TPSA) is 76.2 Å². The molecule has 17 heavy (non-hydrogen) atoms. The van der Waals surface area contributed by atoms with Crippen molar-refractivity contribution in [1.29, 1.82) is 5.41 Å². The Morgan fingerprint density at radius 3 is 2.76 bits per heavy atom. The molecule has 1 aromatic carbocycles. The number of benzene rings is 1. The number of ether oxygens (including phenoxy) is 1. The molecule has 1 unspecified atom stereocenters. The summed E-state index contributed by atoms with van der Waals surface area (Å²) < 4.78 is 5.35. The highest BCUT2D eigenvalue weighted by Gasteiger charge is 2.18. The number of nitrogens with one attached hydrogen (secondary N) is 1. The van der Waals surface area contributed by atoms with Crippen molar-refractivity contribution in [3.8, 4) is 0 Å². The Labute approximate surface area is 100 Å².